The zero-order valence-corrected chi connectivity index (χ0v) is 14.3. The summed E-state index contributed by atoms with van der Waals surface area (Å²) in [5.41, 5.74) is 1.71. The van der Waals surface area contributed by atoms with Gasteiger partial charge < -0.3 is 0 Å². The Morgan fingerprint density at radius 3 is 2.47 bits per heavy atom. The number of ketones is 1. The van der Waals surface area contributed by atoms with Crippen molar-refractivity contribution in [1.82, 2.24) is 0 Å². The van der Waals surface area contributed by atoms with E-state index in [0.717, 1.165) is 29.4 Å². The summed E-state index contributed by atoms with van der Waals surface area (Å²) in [6.07, 6.45) is 0. The van der Waals surface area contributed by atoms with E-state index in [9.17, 15) is 4.79 Å². The summed E-state index contributed by atoms with van der Waals surface area (Å²) in [6.45, 7) is 1.94. The summed E-state index contributed by atoms with van der Waals surface area (Å²) < 4.78 is 2.73. The van der Waals surface area contributed by atoms with Crippen molar-refractivity contribution in [3.63, 3.8) is 0 Å². The number of rotatable bonds is 2. The molecule has 0 unspecified atom stereocenters. The van der Waals surface area contributed by atoms with Crippen molar-refractivity contribution in [1.29, 1.82) is 0 Å². The van der Waals surface area contributed by atoms with Crippen LogP contribution in [-0.4, -0.2) is 5.78 Å². The Balaban J connectivity index is 2.47. The molecule has 0 amide bonds. The smallest absolute Gasteiger partial charge is 0.204 e. The number of carbonyl (C=O) groups excluding carboxylic acids is 1. The Hall–Kier alpha value is 0.0300. The highest BCUT2D eigenvalue weighted by Gasteiger charge is 2.18. The van der Waals surface area contributed by atoms with E-state index in [-0.39, 0.29) is 5.78 Å². The lowest BCUT2D eigenvalue weighted by molar-refractivity contribution is 0.104. The van der Waals surface area contributed by atoms with Gasteiger partial charge in [0.15, 0.2) is 0 Å². The summed E-state index contributed by atoms with van der Waals surface area (Å²) >= 11 is 11.6. The van der Waals surface area contributed by atoms with Crippen LogP contribution in [0.2, 0.25) is 0 Å². The third kappa shape index (κ3) is 2.72. The lowest BCUT2D eigenvalue weighted by Gasteiger charge is -2.04. The lowest BCUT2D eigenvalue weighted by Crippen LogP contribution is -2.02. The van der Waals surface area contributed by atoms with Crippen LogP contribution in [0.3, 0.4) is 0 Å². The van der Waals surface area contributed by atoms with Crippen LogP contribution in [0.15, 0.2) is 37.0 Å². The summed E-state index contributed by atoms with van der Waals surface area (Å²) in [7, 11) is 0. The van der Waals surface area contributed by atoms with E-state index in [1.165, 1.54) is 11.3 Å². The minimum Gasteiger partial charge on any atom is -0.288 e. The van der Waals surface area contributed by atoms with E-state index in [4.69, 9.17) is 0 Å². The highest BCUT2D eigenvalue weighted by Crippen LogP contribution is 2.34. The van der Waals surface area contributed by atoms with Crippen LogP contribution in [0.1, 0.15) is 20.8 Å². The minimum absolute atomic E-state index is 0.0533. The van der Waals surface area contributed by atoms with Crippen molar-refractivity contribution in [3.8, 4) is 0 Å². The van der Waals surface area contributed by atoms with Gasteiger partial charge in [0, 0.05) is 19.9 Å². The Morgan fingerprint density at radius 1 is 1.24 bits per heavy atom. The lowest BCUT2D eigenvalue weighted by atomic mass is 10.0. The van der Waals surface area contributed by atoms with Gasteiger partial charge in [0.2, 0.25) is 5.78 Å². The van der Waals surface area contributed by atoms with E-state index < -0.39 is 0 Å². The molecule has 0 bridgehead atoms. The largest absolute Gasteiger partial charge is 0.288 e. The van der Waals surface area contributed by atoms with E-state index in [1.807, 2.05) is 30.5 Å². The Labute approximate surface area is 129 Å². The predicted molar refractivity (Wildman–Crippen MR) is 82.0 cm³/mol. The second-order valence-corrected chi connectivity index (χ2v) is 6.96. The van der Waals surface area contributed by atoms with Gasteiger partial charge in [0.1, 0.15) is 0 Å². The maximum atomic E-state index is 12.4. The van der Waals surface area contributed by atoms with Crippen molar-refractivity contribution in [2.24, 2.45) is 0 Å². The van der Waals surface area contributed by atoms with E-state index in [1.54, 1.807) is 0 Å². The minimum atomic E-state index is 0.0533. The molecule has 0 aliphatic carbocycles. The molecule has 88 valence electrons. The molecule has 17 heavy (non-hydrogen) atoms. The molecule has 2 aromatic rings. The number of halogens is 3. The molecular weight excluding hydrogens is 432 g/mol. The highest BCUT2D eigenvalue weighted by atomic mass is 79.9. The van der Waals surface area contributed by atoms with Crippen LogP contribution in [0, 0.1) is 6.92 Å². The molecule has 0 aliphatic rings. The molecule has 2 rings (SSSR count). The fourth-order valence-electron chi connectivity index (χ4n) is 1.48. The third-order valence-corrected chi connectivity index (χ3v) is 6.35. The zero-order valence-electron chi connectivity index (χ0n) is 8.76. The standard InChI is InChI=1S/C12H7Br3OS/c1-6-4-7(13)2-3-8(6)11(16)12-10(15)9(14)5-17-12/h2-5H,1H3. The number of benzene rings is 1. The zero-order chi connectivity index (χ0) is 12.6. The van der Waals surface area contributed by atoms with Crippen molar-refractivity contribution < 1.29 is 4.79 Å². The number of hydrogen-bond donors (Lipinski definition) is 0. The van der Waals surface area contributed by atoms with E-state index in [2.05, 4.69) is 47.8 Å². The molecule has 1 aromatic carbocycles. The number of hydrogen-bond acceptors (Lipinski definition) is 2. The van der Waals surface area contributed by atoms with Crippen molar-refractivity contribution in [2.45, 2.75) is 6.92 Å². The second kappa shape index (κ2) is 5.34. The first-order chi connectivity index (χ1) is 8.00. The summed E-state index contributed by atoms with van der Waals surface area (Å²) in [5, 5.41) is 1.91. The van der Waals surface area contributed by atoms with E-state index >= 15 is 0 Å². The molecule has 0 saturated carbocycles. The molecule has 1 nitrogen and oxygen atoms in total. The molecule has 0 aliphatic heterocycles. The van der Waals surface area contributed by atoms with Crippen molar-refractivity contribution >= 4 is 64.9 Å². The SMILES string of the molecule is Cc1cc(Br)ccc1C(=O)c1scc(Br)c1Br. The average Bonchev–Trinajstić information content (AvgIpc) is 2.59. The van der Waals surface area contributed by atoms with Gasteiger partial charge in [-0.25, -0.2) is 0 Å². The average molecular weight is 439 g/mol. The van der Waals surface area contributed by atoms with Crippen molar-refractivity contribution in [2.75, 3.05) is 0 Å². The van der Waals surface area contributed by atoms with Gasteiger partial charge in [0.05, 0.1) is 9.35 Å². The van der Waals surface area contributed by atoms with Crippen LogP contribution in [0.4, 0.5) is 0 Å². The third-order valence-electron chi connectivity index (χ3n) is 2.33. The molecular formula is C12H7Br3OS. The van der Waals surface area contributed by atoms with Gasteiger partial charge in [-0.15, -0.1) is 11.3 Å². The fraction of sp³-hybridized carbons (Fsp3) is 0.0833. The molecule has 0 saturated heterocycles. The van der Waals surface area contributed by atoms with Gasteiger partial charge in [-0.05, 0) is 62.5 Å². The monoisotopic (exact) mass is 436 g/mol. The highest BCUT2D eigenvalue weighted by molar-refractivity contribution is 9.13. The normalized spacial score (nSPS) is 10.6. The Kier molecular flexibility index (Phi) is 4.23. The van der Waals surface area contributed by atoms with Gasteiger partial charge in [-0.1, -0.05) is 15.9 Å². The Morgan fingerprint density at radius 2 is 1.94 bits per heavy atom. The van der Waals surface area contributed by atoms with E-state index in [0.29, 0.717) is 0 Å². The first-order valence-corrected chi connectivity index (χ1v) is 8.00. The number of carbonyl (C=O) groups is 1. The van der Waals surface area contributed by atoms with Gasteiger partial charge in [-0.3, -0.25) is 4.79 Å². The molecule has 5 heteroatoms. The maximum Gasteiger partial charge on any atom is 0.204 e. The van der Waals surface area contributed by atoms with Crippen LogP contribution < -0.4 is 0 Å². The van der Waals surface area contributed by atoms with Gasteiger partial charge in [0.25, 0.3) is 0 Å². The molecule has 0 spiro atoms. The van der Waals surface area contributed by atoms with Crippen LogP contribution in [0.25, 0.3) is 0 Å². The van der Waals surface area contributed by atoms with Crippen LogP contribution >= 0.6 is 59.1 Å². The molecule has 1 heterocycles. The first kappa shape index (κ1) is 13.5. The summed E-state index contributed by atoms with van der Waals surface area (Å²) in [4.78, 5) is 13.1. The van der Waals surface area contributed by atoms with Crippen LogP contribution in [0.5, 0.6) is 0 Å². The van der Waals surface area contributed by atoms with Crippen LogP contribution in [-0.2, 0) is 0 Å². The second-order valence-electron chi connectivity index (χ2n) is 3.52. The molecule has 0 atom stereocenters. The topological polar surface area (TPSA) is 17.1 Å². The molecule has 1 aromatic heterocycles. The molecule has 0 N–H and O–H groups in total. The summed E-state index contributed by atoms with van der Waals surface area (Å²) in [5.74, 6) is 0.0533. The quantitative estimate of drug-likeness (QED) is 0.560. The van der Waals surface area contributed by atoms with Gasteiger partial charge >= 0.3 is 0 Å². The number of aryl methyl sites for hydroxylation is 1. The first-order valence-electron chi connectivity index (χ1n) is 4.74. The molecule has 0 fully saturated rings. The summed E-state index contributed by atoms with van der Waals surface area (Å²) in [6, 6.07) is 5.68. The maximum absolute atomic E-state index is 12.4. The van der Waals surface area contributed by atoms with Crippen molar-refractivity contribution in [3.05, 3.63) is 53.0 Å². The molecule has 0 radical (unpaired) electrons. The number of thiophene rings is 1. The van der Waals surface area contributed by atoms with Gasteiger partial charge in [-0.2, -0.15) is 0 Å². The predicted octanol–water partition coefficient (Wildman–Crippen LogP) is 5.58. The fourth-order valence-corrected chi connectivity index (χ4v) is 4.06. The Bertz CT molecular complexity index is 589.